The normalized spacial score (nSPS) is 11.9. The molecule has 0 bridgehead atoms. The van der Waals surface area contributed by atoms with E-state index in [0.29, 0.717) is 5.95 Å². The lowest BCUT2D eigenvalue weighted by Gasteiger charge is -2.14. The van der Waals surface area contributed by atoms with Crippen LogP contribution >= 0.6 is 0 Å². The minimum atomic E-state index is -0.377. The highest BCUT2D eigenvalue weighted by atomic mass is 19.1. The molecule has 18 heavy (non-hydrogen) atoms. The van der Waals surface area contributed by atoms with E-state index in [-0.39, 0.29) is 17.6 Å². The molecule has 0 aliphatic heterocycles. The van der Waals surface area contributed by atoms with Gasteiger partial charge < -0.3 is 10.1 Å². The highest BCUT2D eigenvalue weighted by Gasteiger charge is 2.10. The molecule has 0 fully saturated rings. The van der Waals surface area contributed by atoms with E-state index in [1.54, 1.807) is 24.5 Å². The zero-order valence-electron chi connectivity index (χ0n) is 10.2. The van der Waals surface area contributed by atoms with Crippen molar-refractivity contribution in [1.82, 2.24) is 9.97 Å². The molecular weight excluding hydrogens is 233 g/mol. The summed E-state index contributed by atoms with van der Waals surface area (Å²) in [6.07, 6.45) is 3.30. The van der Waals surface area contributed by atoms with Gasteiger partial charge in [-0.05, 0) is 30.7 Å². The zero-order valence-corrected chi connectivity index (χ0v) is 10.2. The van der Waals surface area contributed by atoms with Crippen LogP contribution in [-0.2, 0) is 0 Å². The molecule has 94 valence electrons. The summed E-state index contributed by atoms with van der Waals surface area (Å²) in [7, 11) is 1.44. The van der Waals surface area contributed by atoms with Crippen molar-refractivity contribution in [2.45, 2.75) is 13.0 Å². The zero-order chi connectivity index (χ0) is 13.0. The van der Waals surface area contributed by atoms with Crippen molar-refractivity contribution >= 4 is 5.95 Å². The Labute approximate surface area is 105 Å². The summed E-state index contributed by atoms with van der Waals surface area (Å²) in [6.45, 7) is 1.91. The molecule has 0 saturated heterocycles. The third-order valence-corrected chi connectivity index (χ3v) is 2.59. The van der Waals surface area contributed by atoms with Crippen LogP contribution in [0.4, 0.5) is 10.3 Å². The molecule has 1 N–H and O–H groups in total. The van der Waals surface area contributed by atoms with E-state index in [1.165, 1.54) is 13.2 Å². The van der Waals surface area contributed by atoms with E-state index in [4.69, 9.17) is 4.74 Å². The van der Waals surface area contributed by atoms with Crippen LogP contribution in [0.25, 0.3) is 0 Å². The second-order valence-corrected chi connectivity index (χ2v) is 3.83. The summed E-state index contributed by atoms with van der Waals surface area (Å²) in [5, 5.41) is 3.09. The average molecular weight is 247 g/mol. The third-order valence-electron chi connectivity index (χ3n) is 2.59. The fourth-order valence-corrected chi connectivity index (χ4v) is 1.60. The van der Waals surface area contributed by atoms with E-state index in [9.17, 15) is 4.39 Å². The summed E-state index contributed by atoms with van der Waals surface area (Å²) in [5.74, 6) is 0.376. The van der Waals surface area contributed by atoms with Crippen LogP contribution < -0.4 is 10.1 Å². The van der Waals surface area contributed by atoms with Crippen LogP contribution in [0.15, 0.2) is 36.7 Å². The van der Waals surface area contributed by atoms with Crippen LogP contribution in [-0.4, -0.2) is 17.1 Å². The molecule has 0 saturated carbocycles. The first kappa shape index (κ1) is 12.3. The lowest BCUT2D eigenvalue weighted by molar-refractivity contribution is 0.386. The first-order chi connectivity index (χ1) is 8.70. The number of hydrogen-bond acceptors (Lipinski definition) is 4. The lowest BCUT2D eigenvalue weighted by Crippen LogP contribution is -2.09. The van der Waals surface area contributed by atoms with Crippen LogP contribution in [0.5, 0.6) is 5.75 Å². The summed E-state index contributed by atoms with van der Waals surface area (Å²) < 4.78 is 18.4. The maximum atomic E-state index is 13.6. The molecule has 2 aromatic rings. The molecule has 0 spiro atoms. The van der Waals surface area contributed by atoms with Gasteiger partial charge in [0.25, 0.3) is 0 Å². The topological polar surface area (TPSA) is 47.0 Å². The van der Waals surface area contributed by atoms with Gasteiger partial charge in [0.15, 0.2) is 11.6 Å². The Hall–Kier alpha value is -2.17. The summed E-state index contributed by atoms with van der Waals surface area (Å²) >= 11 is 0. The summed E-state index contributed by atoms with van der Waals surface area (Å²) in [6, 6.07) is 6.51. The van der Waals surface area contributed by atoms with E-state index >= 15 is 0 Å². The van der Waals surface area contributed by atoms with Crippen molar-refractivity contribution in [2.24, 2.45) is 0 Å². The highest BCUT2D eigenvalue weighted by Crippen LogP contribution is 2.23. The van der Waals surface area contributed by atoms with Crippen LogP contribution in [0.1, 0.15) is 18.5 Å². The molecule has 0 aliphatic carbocycles. The largest absolute Gasteiger partial charge is 0.494 e. The van der Waals surface area contributed by atoms with Crippen molar-refractivity contribution in [3.63, 3.8) is 0 Å². The molecule has 0 amide bonds. The molecule has 2 rings (SSSR count). The molecule has 0 unspecified atom stereocenters. The third kappa shape index (κ3) is 2.74. The number of hydrogen-bond donors (Lipinski definition) is 1. The summed E-state index contributed by atoms with van der Waals surface area (Å²) in [5.41, 5.74) is 0.806. The van der Waals surface area contributed by atoms with Crippen LogP contribution in [0, 0.1) is 5.82 Å². The van der Waals surface area contributed by atoms with Crippen LogP contribution in [0.3, 0.4) is 0 Å². The average Bonchev–Trinajstić information content (AvgIpc) is 2.39. The SMILES string of the molecule is COc1ccc([C@@H](C)Nc2ncccn2)cc1F. The monoisotopic (exact) mass is 247 g/mol. The molecule has 1 heterocycles. The molecule has 4 nitrogen and oxygen atoms in total. The van der Waals surface area contributed by atoms with Gasteiger partial charge in [-0.3, -0.25) is 0 Å². The van der Waals surface area contributed by atoms with Crippen molar-refractivity contribution in [1.29, 1.82) is 0 Å². The number of anilines is 1. The smallest absolute Gasteiger partial charge is 0.223 e. The van der Waals surface area contributed by atoms with Crippen molar-refractivity contribution in [2.75, 3.05) is 12.4 Å². The van der Waals surface area contributed by atoms with Gasteiger partial charge in [-0.25, -0.2) is 14.4 Å². The van der Waals surface area contributed by atoms with E-state index in [2.05, 4.69) is 15.3 Å². The summed E-state index contributed by atoms with van der Waals surface area (Å²) in [4.78, 5) is 8.12. The number of benzene rings is 1. The number of nitrogens with one attached hydrogen (secondary N) is 1. The maximum absolute atomic E-state index is 13.6. The molecule has 0 aliphatic rings. The van der Waals surface area contributed by atoms with E-state index in [0.717, 1.165) is 5.56 Å². The lowest BCUT2D eigenvalue weighted by atomic mass is 10.1. The number of halogens is 1. The van der Waals surface area contributed by atoms with E-state index in [1.807, 2.05) is 13.0 Å². The standard InChI is InChI=1S/C13H14FN3O/c1-9(17-13-15-6-3-7-16-13)10-4-5-12(18-2)11(14)8-10/h3-9H,1-2H3,(H,15,16,17)/t9-/m1/s1. The number of rotatable bonds is 4. The first-order valence-electron chi connectivity index (χ1n) is 5.57. The second-order valence-electron chi connectivity index (χ2n) is 3.83. The van der Waals surface area contributed by atoms with Crippen molar-refractivity contribution in [3.8, 4) is 5.75 Å². The molecule has 1 aromatic heterocycles. The predicted molar refractivity (Wildman–Crippen MR) is 67.0 cm³/mol. The number of ether oxygens (including phenoxy) is 1. The molecule has 1 atom stereocenters. The quantitative estimate of drug-likeness (QED) is 0.902. The van der Waals surface area contributed by atoms with Gasteiger partial charge in [0.2, 0.25) is 5.95 Å². The van der Waals surface area contributed by atoms with Gasteiger partial charge in [0.05, 0.1) is 13.2 Å². The number of aromatic nitrogens is 2. The fourth-order valence-electron chi connectivity index (χ4n) is 1.60. The van der Waals surface area contributed by atoms with Gasteiger partial charge >= 0.3 is 0 Å². The molecule has 1 aromatic carbocycles. The van der Waals surface area contributed by atoms with Crippen molar-refractivity contribution in [3.05, 3.63) is 48.0 Å². The van der Waals surface area contributed by atoms with Crippen molar-refractivity contribution < 1.29 is 9.13 Å². The van der Waals surface area contributed by atoms with Gasteiger partial charge in [-0.2, -0.15) is 0 Å². The maximum Gasteiger partial charge on any atom is 0.223 e. The Balaban J connectivity index is 2.14. The molecule has 5 heteroatoms. The Morgan fingerprint density at radius 2 is 2.00 bits per heavy atom. The Kier molecular flexibility index (Phi) is 3.72. The Bertz CT molecular complexity index is 519. The van der Waals surface area contributed by atoms with E-state index < -0.39 is 0 Å². The number of methoxy groups -OCH3 is 1. The Morgan fingerprint density at radius 1 is 1.28 bits per heavy atom. The minimum Gasteiger partial charge on any atom is -0.494 e. The fraction of sp³-hybridized carbons (Fsp3) is 0.231. The molecule has 0 radical (unpaired) electrons. The highest BCUT2D eigenvalue weighted by molar-refractivity contribution is 5.35. The van der Waals surface area contributed by atoms with Gasteiger partial charge in [0.1, 0.15) is 0 Å². The van der Waals surface area contributed by atoms with Gasteiger partial charge in [-0.1, -0.05) is 6.07 Å². The van der Waals surface area contributed by atoms with Gasteiger partial charge in [-0.15, -0.1) is 0 Å². The molecular formula is C13H14FN3O. The predicted octanol–water partition coefficient (Wildman–Crippen LogP) is 2.80. The second kappa shape index (κ2) is 5.44. The minimum absolute atomic E-state index is 0.0900. The number of nitrogens with zero attached hydrogens (tertiary/aromatic N) is 2. The Morgan fingerprint density at radius 3 is 2.61 bits per heavy atom. The van der Waals surface area contributed by atoms with Gasteiger partial charge in [0, 0.05) is 12.4 Å². The van der Waals surface area contributed by atoms with Crippen LogP contribution in [0.2, 0.25) is 0 Å². The first-order valence-corrected chi connectivity index (χ1v) is 5.57.